The van der Waals surface area contributed by atoms with E-state index in [1.54, 1.807) is 6.20 Å². The molecule has 0 aliphatic heterocycles. The molecule has 0 aliphatic carbocycles. The molecule has 1 N–H and O–H groups in total. The average molecular weight is 234 g/mol. The van der Waals surface area contributed by atoms with Crippen molar-refractivity contribution in [2.75, 3.05) is 5.33 Å². The van der Waals surface area contributed by atoms with Crippen LogP contribution in [0.4, 0.5) is 0 Å². The van der Waals surface area contributed by atoms with Crippen LogP contribution in [0.15, 0.2) is 6.20 Å². The number of carbonyl (C=O) groups is 1. The minimum Gasteiger partial charge on any atom is -0.480 e. The number of aryl methyl sites for hydroxylation is 1. The normalized spacial score (nSPS) is 10.1. The quantitative estimate of drug-likeness (QED) is 0.760. The molecule has 1 aromatic rings. The lowest BCUT2D eigenvalue weighted by Crippen LogP contribution is -2.08. The van der Waals surface area contributed by atoms with Crippen LogP contribution in [0, 0.1) is 0 Å². The lowest BCUT2D eigenvalue weighted by molar-refractivity contribution is -0.137. The molecule has 0 radical (unpaired) electrons. The molecule has 0 unspecified atom stereocenters. The van der Waals surface area contributed by atoms with E-state index in [0.29, 0.717) is 0 Å². The van der Waals surface area contributed by atoms with Gasteiger partial charge in [-0.15, -0.1) is 5.10 Å². The molecule has 1 heterocycles. The molecule has 0 spiro atoms. The number of carboxylic acids is 1. The van der Waals surface area contributed by atoms with Gasteiger partial charge in [0.25, 0.3) is 0 Å². The van der Waals surface area contributed by atoms with Crippen LogP contribution in [-0.2, 0) is 17.8 Å². The Balaban J connectivity index is 2.58. The van der Waals surface area contributed by atoms with Gasteiger partial charge in [-0.3, -0.25) is 4.79 Å². The molecule has 0 amide bonds. The zero-order chi connectivity index (χ0) is 8.97. The Morgan fingerprint density at radius 1 is 1.75 bits per heavy atom. The minimum absolute atomic E-state index is 0.130. The fourth-order valence-corrected chi connectivity index (χ4v) is 1.17. The van der Waals surface area contributed by atoms with Gasteiger partial charge in [-0.05, 0) is 0 Å². The van der Waals surface area contributed by atoms with Crippen LogP contribution in [0.3, 0.4) is 0 Å². The van der Waals surface area contributed by atoms with E-state index in [-0.39, 0.29) is 6.54 Å². The summed E-state index contributed by atoms with van der Waals surface area (Å²) in [5.41, 5.74) is 0.799. The van der Waals surface area contributed by atoms with Gasteiger partial charge in [0.05, 0.1) is 5.69 Å². The lowest BCUT2D eigenvalue weighted by atomic mass is 10.4. The molecule has 0 fully saturated rings. The minimum atomic E-state index is -0.912. The molecule has 0 bridgehead atoms. The maximum Gasteiger partial charge on any atom is 0.325 e. The second-order valence-electron chi connectivity index (χ2n) is 2.24. The highest BCUT2D eigenvalue weighted by Gasteiger charge is 2.02. The Kier molecular flexibility index (Phi) is 3.21. The van der Waals surface area contributed by atoms with Gasteiger partial charge in [0, 0.05) is 17.9 Å². The number of aromatic nitrogens is 3. The van der Waals surface area contributed by atoms with E-state index in [0.717, 1.165) is 17.4 Å². The van der Waals surface area contributed by atoms with E-state index in [9.17, 15) is 4.79 Å². The summed E-state index contributed by atoms with van der Waals surface area (Å²) in [5.74, 6) is -0.912. The second kappa shape index (κ2) is 4.20. The third kappa shape index (κ3) is 2.61. The third-order valence-corrected chi connectivity index (χ3v) is 1.63. The van der Waals surface area contributed by atoms with Crippen LogP contribution in [0.1, 0.15) is 5.69 Å². The number of hydrogen-bond donors (Lipinski definition) is 1. The SMILES string of the molecule is O=C(O)Cn1cc(CCBr)nn1. The fraction of sp³-hybridized carbons (Fsp3) is 0.500. The van der Waals surface area contributed by atoms with Crippen LogP contribution in [0.5, 0.6) is 0 Å². The molecular formula is C6H8BrN3O2. The Hall–Kier alpha value is -0.910. The lowest BCUT2D eigenvalue weighted by Gasteiger charge is -1.90. The highest BCUT2D eigenvalue weighted by molar-refractivity contribution is 9.09. The largest absolute Gasteiger partial charge is 0.480 e. The van der Waals surface area contributed by atoms with Gasteiger partial charge in [-0.25, -0.2) is 4.68 Å². The number of carboxylic acid groups (broad SMARTS) is 1. The van der Waals surface area contributed by atoms with Crippen LogP contribution in [0.2, 0.25) is 0 Å². The molecule has 12 heavy (non-hydrogen) atoms. The van der Waals surface area contributed by atoms with Crippen molar-refractivity contribution in [3.63, 3.8) is 0 Å². The summed E-state index contributed by atoms with van der Waals surface area (Å²) in [4.78, 5) is 10.2. The van der Waals surface area contributed by atoms with Crippen LogP contribution < -0.4 is 0 Å². The van der Waals surface area contributed by atoms with E-state index in [4.69, 9.17) is 5.11 Å². The van der Waals surface area contributed by atoms with E-state index in [1.165, 1.54) is 4.68 Å². The van der Waals surface area contributed by atoms with Crippen molar-refractivity contribution < 1.29 is 9.90 Å². The molecule has 0 atom stereocenters. The number of hydrogen-bond acceptors (Lipinski definition) is 3. The van der Waals surface area contributed by atoms with Crippen LogP contribution >= 0.6 is 15.9 Å². The van der Waals surface area contributed by atoms with E-state index in [2.05, 4.69) is 26.2 Å². The van der Waals surface area contributed by atoms with Crippen molar-refractivity contribution in [3.8, 4) is 0 Å². The highest BCUT2D eigenvalue weighted by atomic mass is 79.9. The second-order valence-corrected chi connectivity index (χ2v) is 3.03. The van der Waals surface area contributed by atoms with Gasteiger partial charge < -0.3 is 5.11 Å². The van der Waals surface area contributed by atoms with Gasteiger partial charge in [0.1, 0.15) is 6.54 Å². The summed E-state index contributed by atoms with van der Waals surface area (Å²) in [5, 5.41) is 16.6. The van der Waals surface area contributed by atoms with Gasteiger partial charge in [0.15, 0.2) is 0 Å². The van der Waals surface area contributed by atoms with Crippen molar-refractivity contribution in [1.29, 1.82) is 0 Å². The van der Waals surface area contributed by atoms with Crippen LogP contribution in [0.25, 0.3) is 0 Å². The first-order valence-electron chi connectivity index (χ1n) is 3.39. The number of halogens is 1. The molecular weight excluding hydrogens is 226 g/mol. The zero-order valence-electron chi connectivity index (χ0n) is 6.27. The molecule has 1 rings (SSSR count). The predicted molar refractivity (Wildman–Crippen MR) is 45.2 cm³/mol. The fourth-order valence-electron chi connectivity index (χ4n) is 0.766. The van der Waals surface area contributed by atoms with Crippen molar-refractivity contribution in [2.45, 2.75) is 13.0 Å². The Morgan fingerprint density at radius 3 is 3.08 bits per heavy atom. The first-order valence-corrected chi connectivity index (χ1v) is 4.51. The van der Waals surface area contributed by atoms with Crippen molar-refractivity contribution >= 4 is 21.9 Å². The molecule has 6 heteroatoms. The van der Waals surface area contributed by atoms with Crippen molar-refractivity contribution in [2.24, 2.45) is 0 Å². The van der Waals surface area contributed by atoms with Crippen molar-refractivity contribution in [1.82, 2.24) is 15.0 Å². The number of aliphatic carboxylic acids is 1. The van der Waals surface area contributed by atoms with Gasteiger partial charge in [0.2, 0.25) is 0 Å². The first kappa shape index (κ1) is 9.18. The summed E-state index contributed by atoms with van der Waals surface area (Å²) in [6, 6.07) is 0. The molecule has 0 aliphatic rings. The summed E-state index contributed by atoms with van der Waals surface area (Å²) in [7, 11) is 0. The maximum absolute atomic E-state index is 10.2. The van der Waals surface area contributed by atoms with Gasteiger partial charge >= 0.3 is 5.97 Å². The Labute approximate surface area is 77.5 Å². The standard InChI is InChI=1S/C6H8BrN3O2/c7-2-1-5-3-10(9-8-5)4-6(11)12/h3H,1-2,4H2,(H,11,12). The molecule has 0 aromatic carbocycles. The highest BCUT2D eigenvalue weighted by Crippen LogP contribution is 1.96. The van der Waals surface area contributed by atoms with Crippen LogP contribution in [-0.4, -0.2) is 31.4 Å². The zero-order valence-corrected chi connectivity index (χ0v) is 7.86. The summed E-state index contributed by atoms with van der Waals surface area (Å²) < 4.78 is 1.31. The molecule has 66 valence electrons. The smallest absolute Gasteiger partial charge is 0.325 e. The Bertz CT molecular complexity index is 274. The topological polar surface area (TPSA) is 68.0 Å². The van der Waals surface area contributed by atoms with E-state index < -0.39 is 5.97 Å². The number of alkyl halides is 1. The first-order chi connectivity index (χ1) is 5.72. The third-order valence-electron chi connectivity index (χ3n) is 1.23. The molecule has 0 saturated carbocycles. The number of nitrogens with zero attached hydrogens (tertiary/aromatic N) is 3. The molecule has 5 nitrogen and oxygen atoms in total. The average Bonchev–Trinajstić information content (AvgIpc) is 2.36. The maximum atomic E-state index is 10.2. The van der Waals surface area contributed by atoms with E-state index >= 15 is 0 Å². The summed E-state index contributed by atoms with van der Waals surface area (Å²) in [6.45, 7) is -0.130. The number of rotatable bonds is 4. The predicted octanol–water partition coefficient (Wildman–Crippen LogP) is 0.300. The molecule has 0 saturated heterocycles. The monoisotopic (exact) mass is 233 g/mol. The Morgan fingerprint density at radius 2 is 2.50 bits per heavy atom. The molecule has 1 aromatic heterocycles. The van der Waals surface area contributed by atoms with Crippen molar-refractivity contribution in [3.05, 3.63) is 11.9 Å². The summed E-state index contributed by atoms with van der Waals surface area (Å²) in [6.07, 6.45) is 2.40. The summed E-state index contributed by atoms with van der Waals surface area (Å²) >= 11 is 3.25. The van der Waals surface area contributed by atoms with E-state index in [1.807, 2.05) is 0 Å². The van der Waals surface area contributed by atoms with Gasteiger partial charge in [-0.2, -0.15) is 0 Å². The van der Waals surface area contributed by atoms with Gasteiger partial charge in [-0.1, -0.05) is 21.1 Å².